The molecule has 0 aromatic rings. The first-order valence-corrected chi connectivity index (χ1v) is 7.64. The molecule has 0 heterocycles. The van der Waals surface area contributed by atoms with Gasteiger partial charge in [-0.3, -0.25) is 4.79 Å². The van der Waals surface area contributed by atoms with E-state index in [9.17, 15) is 4.79 Å². The van der Waals surface area contributed by atoms with Crippen LogP contribution in [-0.2, 0) is 4.79 Å². The van der Waals surface area contributed by atoms with E-state index in [1.165, 1.54) is 57.8 Å². The number of nitrogens with zero attached hydrogens (tertiary/aromatic N) is 1. The van der Waals surface area contributed by atoms with Crippen LogP contribution in [0.1, 0.15) is 71.1 Å². The molecule has 0 bridgehead atoms. The molecule has 0 atom stereocenters. The van der Waals surface area contributed by atoms with Crippen molar-refractivity contribution in [2.24, 2.45) is 0 Å². The molecule has 0 aliphatic rings. The average Bonchev–Trinajstić information content (AvgIpc) is 2.36. The van der Waals surface area contributed by atoms with Crippen molar-refractivity contribution in [3.8, 4) is 0 Å². The summed E-state index contributed by atoms with van der Waals surface area (Å²) < 4.78 is 0. The van der Waals surface area contributed by atoms with E-state index in [1.807, 2.05) is 0 Å². The minimum Gasteiger partial charge on any atom is -0.332 e. The third kappa shape index (κ3) is 12.0. The molecule has 3 heteroatoms. The molecule has 0 saturated carbocycles. The van der Waals surface area contributed by atoms with E-state index in [-0.39, 0.29) is 0 Å². The number of hydrogen-bond acceptors (Lipinski definition) is 1. The number of halogens is 1. The topological polar surface area (TPSA) is 20.3 Å². The van der Waals surface area contributed by atoms with Crippen molar-refractivity contribution in [1.82, 2.24) is 4.90 Å². The van der Waals surface area contributed by atoms with Crippen molar-refractivity contribution in [3.05, 3.63) is 0 Å². The van der Waals surface area contributed by atoms with Crippen LogP contribution in [0.5, 0.6) is 0 Å². The standard InChI is InChI=1S/C14H28ClNO/c1-2-3-4-5-6-7-8-9-10-11-12-16(13-15)14-17/h14H,2-13H2,1H3. The van der Waals surface area contributed by atoms with Gasteiger partial charge in [-0.1, -0.05) is 64.7 Å². The highest BCUT2D eigenvalue weighted by Gasteiger charge is 1.98. The number of rotatable bonds is 13. The van der Waals surface area contributed by atoms with Gasteiger partial charge < -0.3 is 4.90 Å². The normalized spacial score (nSPS) is 10.5. The van der Waals surface area contributed by atoms with Gasteiger partial charge in [-0.25, -0.2) is 0 Å². The third-order valence-electron chi connectivity index (χ3n) is 3.10. The average molecular weight is 262 g/mol. The Balaban J connectivity index is 3.05. The molecule has 1 amide bonds. The fourth-order valence-electron chi connectivity index (χ4n) is 1.94. The fourth-order valence-corrected chi connectivity index (χ4v) is 2.12. The monoisotopic (exact) mass is 261 g/mol. The van der Waals surface area contributed by atoms with Crippen LogP contribution in [0.4, 0.5) is 0 Å². The zero-order valence-electron chi connectivity index (χ0n) is 11.3. The Morgan fingerprint density at radius 1 is 0.882 bits per heavy atom. The van der Waals surface area contributed by atoms with Gasteiger partial charge >= 0.3 is 0 Å². The van der Waals surface area contributed by atoms with Gasteiger partial charge in [0.2, 0.25) is 6.41 Å². The number of unbranched alkanes of at least 4 members (excludes halogenated alkanes) is 9. The van der Waals surface area contributed by atoms with Gasteiger partial charge in [-0.2, -0.15) is 0 Å². The molecule has 0 N–H and O–H groups in total. The van der Waals surface area contributed by atoms with Crippen LogP contribution >= 0.6 is 11.6 Å². The molecular formula is C14H28ClNO. The molecule has 17 heavy (non-hydrogen) atoms. The third-order valence-corrected chi connectivity index (χ3v) is 3.41. The van der Waals surface area contributed by atoms with E-state index in [2.05, 4.69) is 6.92 Å². The second kappa shape index (κ2) is 13.8. The van der Waals surface area contributed by atoms with Gasteiger partial charge in [-0.05, 0) is 6.42 Å². The Morgan fingerprint density at radius 3 is 1.76 bits per heavy atom. The Kier molecular flexibility index (Phi) is 13.6. The lowest BCUT2D eigenvalue weighted by atomic mass is 10.1. The maximum Gasteiger partial charge on any atom is 0.210 e. The summed E-state index contributed by atoms with van der Waals surface area (Å²) in [5.41, 5.74) is 0. The smallest absolute Gasteiger partial charge is 0.210 e. The maximum atomic E-state index is 10.5. The molecule has 0 unspecified atom stereocenters. The van der Waals surface area contributed by atoms with E-state index >= 15 is 0 Å². The summed E-state index contributed by atoms with van der Waals surface area (Å²) >= 11 is 5.59. The number of alkyl halides is 1. The van der Waals surface area contributed by atoms with Crippen molar-refractivity contribution < 1.29 is 4.79 Å². The Bertz CT molecular complexity index is 164. The predicted octanol–water partition coefficient (Wildman–Crippen LogP) is 4.56. The molecular weight excluding hydrogens is 234 g/mol. The van der Waals surface area contributed by atoms with Crippen molar-refractivity contribution in [3.63, 3.8) is 0 Å². The summed E-state index contributed by atoms with van der Waals surface area (Å²) in [5, 5.41) is 0. The van der Waals surface area contributed by atoms with E-state index < -0.39 is 0 Å². The molecule has 0 aromatic carbocycles. The van der Waals surface area contributed by atoms with Crippen LogP contribution in [0.3, 0.4) is 0 Å². The summed E-state index contributed by atoms with van der Waals surface area (Å²) in [7, 11) is 0. The minimum absolute atomic E-state index is 0.320. The second-order valence-electron chi connectivity index (χ2n) is 4.72. The van der Waals surface area contributed by atoms with Crippen LogP contribution in [0.25, 0.3) is 0 Å². The van der Waals surface area contributed by atoms with Crippen LogP contribution in [0.2, 0.25) is 0 Å². The first-order chi connectivity index (χ1) is 8.35. The van der Waals surface area contributed by atoms with Crippen molar-refractivity contribution in [1.29, 1.82) is 0 Å². The summed E-state index contributed by atoms with van der Waals surface area (Å²) in [6, 6.07) is 0.320. The zero-order valence-corrected chi connectivity index (χ0v) is 12.1. The van der Waals surface area contributed by atoms with Crippen LogP contribution in [0.15, 0.2) is 0 Å². The SMILES string of the molecule is CCCCCCCCCCCCN(C=O)CCl. The van der Waals surface area contributed by atoms with Gasteiger partial charge in [0.05, 0.1) is 6.00 Å². The Labute approximate surface area is 112 Å². The highest BCUT2D eigenvalue weighted by Crippen LogP contribution is 2.10. The second-order valence-corrected chi connectivity index (χ2v) is 4.96. The molecule has 0 aliphatic carbocycles. The van der Waals surface area contributed by atoms with E-state index in [0.29, 0.717) is 6.00 Å². The van der Waals surface area contributed by atoms with E-state index in [4.69, 9.17) is 11.6 Å². The van der Waals surface area contributed by atoms with Gasteiger partial charge in [0.15, 0.2) is 0 Å². The van der Waals surface area contributed by atoms with Crippen molar-refractivity contribution in [2.75, 3.05) is 12.5 Å². The number of carbonyl (C=O) groups is 1. The van der Waals surface area contributed by atoms with Gasteiger partial charge in [0.25, 0.3) is 0 Å². The molecule has 0 rings (SSSR count). The molecule has 0 aliphatic heterocycles. The van der Waals surface area contributed by atoms with E-state index in [0.717, 1.165) is 19.4 Å². The zero-order chi connectivity index (χ0) is 12.8. The summed E-state index contributed by atoms with van der Waals surface area (Å²) in [6.45, 7) is 3.06. The summed E-state index contributed by atoms with van der Waals surface area (Å²) in [4.78, 5) is 12.1. The first kappa shape index (κ1) is 16.8. The number of hydrogen-bond donors (Lipinski definition) is 0. The molecule has 0 saturated heterocycles. The van der Waals surface area contributed by atoms with Crippen molar-refractivity contribution >= 4 is 18.0 Å². The lowest BCUT2D eigenvalue weighted by molar-refractivity contribution is -0.117. The molecule has 0 radical (unpaired) electrons. The van der Waals surface area contributed by atoms with Crippen LogP contribution in [0, 0.1) is 0 Å². The number of amides is 1. The van der Waals surface area contributed by atoms with E-state index in [1.54, 1.807) is 4.90 Å². The van der Waals surface area contributed by atoms with Crippen LogP contribution in [-0.4, -0.2) is 23.9 Å². The lowest BCUT2D eigenvalue weighted by Crippen LogP contribution is -2.21. The minimum atomic E-state index is 0.320. The summed E-state index contributed by atoms with van der Waals surface area (Å²) in [5.74, 6) is 0. The number of carbonyl (C=O) groups excluding carboxylic acids is 1. The van der Waals surface area contributed by atoms with Crippen LogP contribution < -0.4 is 0 Å². The van der Waals surface area contributed by atoms with Gasteiger partial charge in [0.1, 0.15) is 0 Å². The summed E-state index contributed by atoms with van der Waals surface area (Å²) in [6.07, 6.45) is 14.1. The molecule has 102 valence electrons. The molecule has 0 fully saturated rings. The first-order valence-electron chi connectivity index (χ1n) is 7.10. The highest BCUT2D eigenvalue weighted by atomic mass is 35.5. The molecule has 0 aromatic heterocycles. The van der Waals surface area contributed by atoms with Gasteiger partial charge in [-0.15, -0.1) is 11.6 Å². The highest BCUT2D eigenvalue weighted by molar-refractivity contribution is 6.18. The predicted molar refractivity (Wildman–Crippen MR) is 75.3 cm³/mol. The Morgan fingerprint density at radius 2 is 1.35 bits per heavy atom. The quantitative estimate of drug-likeness (QED) is 0.206. The fraction of sp³-hybridized carbons (Fsp3) is 0.929. The maximum absolute atomic E-state index is 10.5. The molecule has 0 spiro atoms. The Hall–Kier alpha value is -0.240. The largest absolute Gasteiger partial charge is 0.332 e. The lowest BCUT2D eigenvalue weighted by Gasteiger charge is -2.12. The van der Waals surface area contributed by atoms with Gasteiger partial charge in [0, 0.05) is 6.54 Å². The van der Waals surface area contributed by atoms with Crippen molar-refractivity contribution in [2.45, 2.75) is 71.1 Å². The molecule has 2 nitrogen and oxygen atoms in total.